The van der Waals surface area contributed by atoms with Gasteiger partial charge in [0, 0.05) is 5.56 Å². The number of amides is 1. The average molecular weight is 394 g/mol. The number of rotatable bonds is 3. The van der Waals surface area contributed by atoms with Crippen molar-refractivity contribution in [3.8, 4) is 11.8 Å². The number of carbonyl (C=O) groups is 1. The fourth-order valence-corrected chi connectivity index (χ4v) is 3.30. The lowest BCUT2D eigenvalue weighted by atomic mass is 10.2. The summed E-state index contributed by atoms with van der Waals surface area (Å²) in [6.07, 6.45) is -1.57. The van der Waals surface area contributed by atoms with E-state index in [1.54, 1.807) is 18.2 Å². The van der Waals surface area contributed by atoms with Crippen LogP contribution in [0.25, 0.3) is 0 Å². The third-order valence-corrected chi connectivity index (χ3v) is 4.85. The Hall–Kier alpha value is -2.30. The molecule has 1 amide bonds. The molecule has 7 heteroatoms. The number of anilines is 1. The molecule has 0 spiro atoms. The van der Waals surface area contributed by atoms with Crippen LogP contribution in [0.4, 0.5) is 10.5 Å². The normalized spacial score (nSPS) is 10.5. The highest BCUT2D eigenvalue weighted by molar-refractivity contribution is 9.09. The Morgan fingerprint density at radius 3 is 2.22 bits per heavy atom. The molecular formula is C16H12BrNO4S. The van der Waals surface area contributed by atoms with Crippen LogP contribution in [0.15, 0.2) is 59.5 Å². The highest BCUT2D eigenvalue weighted by atomic mass is 79.9. The van der Waals surface area contributed by atoms with Gasteiger partial charge in [-0.05, 0) is 36.4 Å². The molecule has 0 aliphatic rings. The fraction of sp³-hybridized carbons (Fsp3) is 0.0625. The second kappa shape index (κ2) is 7.31. The Labute approximate surface area is 142 Å². The minimum absolute atomic E-state index is 0.0585. The number of halogens is 1. The average Bonchev–Trinajstić information content (AvgIpc) is 2.54. The zero-order valence-electron chi connectivity index (χ0n) is 11.8. The molecule has 0 unspecified atom stereocenters. The van der Waals surface area contributed by atoms with Crippen LogP contribution in [-0.2, 0) is 10.0 Å². The van der Waals surface area contributed by atoms with Gasteiger partial charge in [0.05, 0.1) is 15.9 Å². The molecule has 0 fully saturated rings. The third-order valence-electron chi connectivity index (χ3n) is 2.86. The molecule has 0 aliphatic carbocycles. The van der Waals surface area contributed by atoms with E-state index in [1.807, 2.05) is 0 Å². The zero-order valence-corrected chi connectivity index (χ0v) is 14.2. The monoisotopic (exact) mass is 393 g/mol. The third kappa shape index (κ3) is 3.92. The number of sulfonamides is 1. The van der Waals surface area contributed by atoms with Crippen LogP contribution >= 0.6 is 15.9 Å². The number of hydrogen-bond acceptors (Lipinski definition) is 3. The summed E-state index contributed by atoms with van der Waals surface area (Å²) in [5.74, 6) is 5.64. The number of para-hydroxylation sites is 1. The second-order valence-electron chi connectivity index (χ2n) is 4.35. The van der Waals surface area contributed by atoms with Crippen molar-refractivity contribution in [2.75, 3.05) is 9.64 Å². The highest BCUT2D eigenvalue weighted by Crippen LogP contribution is 2.23. The van der Waals surface area contributed by atoms with Crippen LogP contribution in [0.2, 0.25) is 0 Å². The summed E-state index contributed by atoms with van der Waals surface area (Å²) < 4.78 is 25.6. The number of alkyl halides is 1. The molecular weight excluding hydrogens is 382 g/mol. The minimum atomic E-state index is -4.21. The smallest absolute Gasteiger partial charge is 0.426 e. The van der Waals surface area contributed by atoms with Gasteiger partial charge in [0.25, 0.3) is 10.0 Å². The van der Waals surface area contributed by atoms with Crippen molar-refractivity contribution in [2.24, 2.45) is 0 Å². The van der Waals surface area contributed by atoms with E-state index in [0.29, 0.717) is 15.2 Å². The van der Waals surface area contributed by atoms with Gasteiger partial charge in [0.1, 0.15) is 0 Å². The molecule has 0 saturated carbocycles. The van der Waals surface area contributed by atoms with E-state index < -0.39 is 16.1 Å². The topological polar surface area (TPSA) is 74.7 Å². The second-order valence-corrected chi connectivity index (χ2v) is 6.69. The van der Waals surface area contributed by atoms with Gasteiger partial charge < -0.3 is 5.11 Å². The summed E-state index contributed by atoms with van der Waals surface area (Å²) in [5, 5.41) is 9.82. The van der Waals surface area contributed by atoms with Crippen LogP contribution in [-0.4, -0.2) is 24.9 Å². The van der Waals surface area contributed by atoms with Crippen LogP contribution in [0.1, 0.15) is 5.56 Å². The Balaban J connectivity index is 2.44. The van der Waals surface area contributed by atoms with E-state index in [-0.39, 0.29) is 10.6 Å². The number of carboxylic acid groups (broad SMARTS) is 1. The first-order valence-corrected chi connectivity index (χ1v) is 9.01. The lowest BCUT2D eigenvalue weighted by Gasteiger charge is -2.19. The molecule has 1 N–H and O–H groups in total. The molecule has 0 atom stereocenters. The molecule has 0 heterocycles. The quantitative estimate of drug-likeness (QED) is 0.640. The summed E-state index contributed by atoms with van der Waals surface area (Å²) >= 11 is 3.17. The SMILES string of the molecule is O=C(O)N(c1ccccc1)S(=O)(=O)c1ccc(C#CCBr)cc1. The van der Waals surface area contributed by atoms with Gasteiger partial charge in [-0.3, -0.25) is 0 Å². The Morgan fingerprint density at radius 1 is 1.09 bits per heavy atom. The molecule has 2 rings (SSSR count). The predicted molar refractivity (Wildman–Crippen MR) is 91.2 cm³/mol. The Kier molecular flexibility index (Phi) is 5.42. The number of hydrogen-bond donors (Lipinski definition) is 1. The van der Waals surface area contributed by atoms with Gasteiger partial charge in [0.2, 0.25) is 0 Å². The van der Waals surface area contributed by atoms with Crippen LogP contribution in [0.3, 0.4) is 0 Å². The first-order chi connectivity index (χ1) is 11.0. The first kappa shape index (κ1) is 17.1. The highest BCUT2D eigenvalue weighted by Gasteiger charge is 2.30. The summed E-state index contributed by atoms with van der Waals surface area (Å²) in [7, 11) is -4.21. The molecule has 0 aliphatic heterocycles. The first-order valence-electron chi connectivity index (χ1n) is 6.45. The number of benzene rings is 2. The maximum Gasteiger partial charge on any atom is 0.426 e. The Bertz CT molecular complexity index is 852. The van der Waals surface area contributed by atoms with Crippen molar-refractivity contribution in [1.29, 1.82) is 0 Å². The lowest BCUT2D eigenvalue weighted by Crippen LogP contribution is -2.35. The van der Waals surface area contributed by atoms with E-state index in [4.69, 9.17) is 0 Å². The van der Waals surface area contributed by atoms with Crippen molar-refractivity contribution < 1.29 is 18.3 Å². The Morgan fingerprint density at radius 2 is 1.70 bits per heavy atom. The molecule has 2 aromatic carbocycles. The minimum Gasteiger partial charge on any atom is -0.464 e. The van der Waals surface area contributed by atoms with Crippen molar-refractivity contribution in [3.05, 3.63) is 60.2 Å². The van der Waals surface area contributed by atoms with Gasteiger partial charge in [-0.1, -0.05) is 46.0 Å². The zero-order chi connectivity index (χ0) is 16.9. The van der Waals surface area contributed by atoms with Crippen LogP contribution in [0.5, 0.6) is 0 Å². The van der Waals surface area contributed by atoms with E-state index in [0.717, 1.165) is 0 Å². The van der Waals surface area contributed by atoms with Gasteiger partial charge in [-0.25, -0.2) is 13.2 Å². The van der Waals surface area contributed by atoms with E-state index in [2.05, 4.69) is 27.8 Å². The maximum absolute atomic E-state index is 12.6. The van der Waals surface area contributed by atoms with E-state index in [1.165, 1.54) is 36.4 Å². The summed E-state index contributed by atoms with van der Waals surface area (Å²) in [5.41, 5.74) is 0.702. The van der Waals surface area contributed by atoms with Crippen molar-refractivity contribution in [2.45, 2.75) is 4.90 Å². The van der Waals surface area contributed by atoms with Crippen LogP contribution in [0, 0.1) is 11.8 Å². The van der Waals surface area contributed by atoms with Gasteiger partial charge in [-0.15, -0.1) is 0 Å². The molecule has 5 nitrogen and oxygen atoms in total. The lowest BCUT2D eigenvalue weighted by molar-refractivity contribution is 0.206. The van der Waals surface area contributed by atoms with Crippen LogP contribution < -0.4 is 4.31 Å². The summed E-state index contributed by atoms with van der Waals surface area (Å²) in [4.78, 5) is 11.3. The molecule has 118 valence electrons. The summed E-state index contributed by atoms with van der Waals surface area (Å²) in [6.45, 7) is 0. The largest absolute Gasteiger partial charge is 0.464 e. The van der Waals surface area contributed by atoms with E-state index in [9.17, 15) is 18.3 Å². The van der Waals surface area contributed by atoms with E-state index >= 15 is 0 Å². The molecule has 0 bridgehead atoms. The molecule has 23 heavy (non-hydrogen) atoms. The van der Waals surface area contributed by atoms with Gasteiger partial charge in [0.15, 0.2) is 0 Å². The van der Waals surface area contributed by atoms with Gasteiger partial charge in [-0.2, -0.15) is 4.31 Å². The predicted octanol–water partition coefficient (Wildman–Crippen LogP) is 3.31. The standard InChI is InChI=1S/C16H12BrNO4S/c17-12-4-5-13-8-10-15(11-9-13)23(21,22)18(16(19)20)14-6-2-1-3-7-14/h1-3,6-11H,12H2,(H,19,20). The molecule has 0 radical (unpaired) electrons. The van der Waals surface area contributed by atoms with Crippen molar-refractivity contribution in [3.63, 3.8) is 0 Å². The number of nitrogens with zero attached hydrogens (tertiary/aromatic N) is 1. The fourth-order valence-electron chi connectivity index (χ4n) is 1.87. The molecule has 2 aromatic rings. The van der Waals surface area contributed by atoms with Gasteiger partial charge >= 0.3 is 6.09 Å². The molecule has 0 aromatic heterocycles. The van der Waals surface area contributed by atoms with Crippen molar-refractivity contribution in [1.82, 2.24) is 0 Å². The maximum atomic E-state index is 12.6. The van der Waals surface area contributed by atoms with Crippen molar-refractivity contribution >= 4 is 37.7 Å². The summed E-state index contributed by atoms with van der Waals surface area (Å²) in [6, 6.07) is 13.4. The molecule has 0 saturated heterocycles.